The van der Waals surface area contributed by atoms with E-state index in [1.165, 1.54) is 0 Å². The summed E-state index contributed by atoms with van der Waals surface area (Å²) in [5.41, 5.74) is 0.819. The smallest absolute Gasteiger partial charge is 0.325 e. The highest BCUT2D eigenvalue weighted by Gasteiger charge is 2.49. The molecule has 8 nitrogen and oxygen atoms in total. The number of urea groups is 1. The van der Waals surface area contributed by atoms with Gasteiger partial charge in [-0.2, -0.15) is 0 Å². The molecule has 1 saturated heterocycles. The molecule has 0 saturated carbocycles. The van der Waals surface area contributed by atoms with Crippen molar-refractivity contribution in [2.45, 2.75) is 25.6 Å². The van der Waals surface area contributed by atoms with Crippen molar-refractivity contribution in [3.63, 3.8) is 0 Å². The van der Waals surface area contributed by atoms with Crippen LogP contribution in [-0.4, -0.2) is 30.4 Å². The molecule has 1 fully saturated rings. The quantitative estimate of drug-likeness (QED) is 0.774. The maximum Gasteiger partial charge on any atom is 0.325 e. The molecule has 3 aliphatic heterocycles. The molecule has 29 heavy (non-hydrogen) atoms. The van der Waals surface area contributed by atoms with E-state index in [-0.39, 0.29) is 26.0 Å². The standard InChI is InChI=1S/C20H17ClN2O6/c1-20(13-2-3-15-16(6-13)28-10-27-15)18(24)23(19(25)22-20)7-11-4-14(21)5-12-8-26-9-29-17(11)12/h2-6H,7-10H2,1H3,(H,22,25)/t20-/m0/s1. The number of carbonyl (C=O) groups is 2. The molecule has 2 aromatic rings. The molecule has 0 aliphatic carbocycles. The molecule has 2 aromatic carbocycles. The zero-order chi connectivity index (χ0) is 20.2. The van der Waals surface area contributed by atoms with Gasteiger partial charge in [0.25, 0.3) is 5.91 Å². The molecule has 150 valence electrons. The van der Waals surface area contributed by atoms with Crippen LogP contribution in [0.5, 0.6) is 17.2 Å². The number of amides is 3. The maximum absolute atomic E-state index is 13.3. The Balaban J connectivity index is 1.47. The van der Waals surface area contributed by atoms with Crippen LogP contribution in [0.2, 0.25) is 5.02 Å². The normalized spacial score (nSPS) is 22.3. The van der Waals surface area contributed by atoms with Gasteiger partial charge in [0.1, 0.15) is 11.3 Å². The van der Waals surface area contributed by atoms with Gasteiger partial charge in [-0.15, -0.1) is 0 Å². The fourth-order valence-electron chi connectivity index (χ4n) is 3.79. The van der Waals surface area contributed by atoms with Crippen molar-refractivity contribution in [3.8, 4) is 17.2 Å². The number of rotatable bonds is 3. The number of hydrogen-bond acceptors (Lipinski definition) is 6. The first kappa shape index (κ1) is 18.1. The van der Waals surface area contributed by atoms with Crippen molar-refractivity contribution in [2.24, 2.45) is 0 Å². The molecular weight excluding hydrogens is 400 g/mol. The molecule has 0 aromatic heterocycles. The van der Waals surface area contributed by atoms with Crippen molar-refractivity contribution < 1.29 is 28.5 Å². The van der Waals surface area contributed by atoms with E-state index in [1.54, 1.807) is 37.3 Å². The monoisotopic (exact) mass is 416 g/mol. The van der Waals surface area contributed by atoms with Crippen molar-refractivity contribution in [2.75, 3.05) is 13.6 Å². The topological polar surface area (TPSA) is 86.3 Å². The first-order chi connectivity index (χ1) is 14.0. The molecule has 1 atom stereocenters. The third kappa shape index (κ3) is 2.87. The van der Waals surface area contributed by atoms with Gasteiger partial charge in [-0.05, 0) is 36.8 Å². The highest BCUT2D eigenvalue weighted by atomic mass is 35.5. The average molecular weight is 417 g/mol. The van der Waals surface area contributed by atoms with Gasteiger partial charge in [0.05, 0.1) is 13.2 Å². The van der Waals surface area contributed by atoms with E-state index in [2.05, 4.69) is 5.32 Å². The molecule has 0 spiro atoms. The van der Waals surface area contributed by atoms with E-state index < -0.39 is 11.6 Å². The molecule has 9 heteroatoms. The van der Waals surface area contributed by atoms with Crippen LogP contribution >= 0.6 is 11.6 Å². The Morgan fingerprint density at radius 1 is 1.10 bits per heavy atom. The van der Waals surface area contributed by atoms with Crippen LogP contribution in [0.15, 0.2) is 30.3 Å². The zero-order valence-corrected chi connectivity index (χ0v) is 16.2. The number of hydrogen-bond donors (Lipinski definition) is 1. The second-order valence-electron chi connectivity index (χ2n) is 7.18. The van der Waals surface area contributed by atoms with Crippen molar-refractivity contribution in [3.05, 3.63) is 52.0 Å². The van der Waals surface area contributed by atoms with Crippen molar-refractivity contribution in [1.82, 2.24) is 10.2 Å². The number of benzene rings is 2. The molecule has 0 radical (unpaired) electrons. The van der Waals surface area contributed by atoms with Crippen LogP contribution in [0.1, 0.15) is 23.6 Å². The van der Waals surface area contributed by atoms with Gasteiger partial charge < -0.3 is 24.3 Å². The number of nitrogens with zero attached hydrogens (tertiary/aromatic N) is 1. The van der Waals surface area contributed by atoms with E-state index in [9.17, 15) is 9.59 Å². The molecule has 0 bridgehead atoms. The summed E-state index contributed by atoms with van der Waals surface area (Å²) in [6, 6.07) is 8.15. The van der Waals surface area contributed by atoms with Gasteiger partial charge >= 0.3 is 6.03 Å². The van der Waals surface area contributed by atoms with E-state index in [0.717, 1.165) is 10.5 Å². The van der Waals surface area contributed by atoms with Crippen LogP contribution in [0.25, 0.3) is 0 Å². The highest BCUT2D eigenvalue weighted by Crippen LogP contribution is 2.39. The summed E-state index contributed by atoms with van der Waals surface area (Å²) in [5, 5.41) is 3.28. The summed E-state index contributed by atoms with van der Waals surface area (Å²) in [6.45, 7) is 2.30. The fraction of sp³-hybridized carbons (Fsp3) is 0.300. The van der Waals surface area contributed by atoms with E-state index >= 15 is 0 Å². The zero-order valence-electron chi connectivity index (χ0n) is 15.5. The number of carbonyl (C=O) groups excluding carboxylic acids is 2. The molecule has 0 unspecified atom stereocenters. The lowest BCUT2D eigenvalue weighted by Gasteiger charge is -2.24. The molecule has 3 heterocycles. The third-order valence-electron chi connectivity index (χ3n) is 5.31. The van der Waals surface area contributed by atoms with E-state index in [1.807, 2.05) is 0 Å². The van der Waals surface area contributed by atoms with Crippen molar-refractivity contribution >= 4 is 23.5 Å². The van der Waals surface area contributed by atoms with Crippen LogP contribution in [0.4, 0.5) is 4.79 Å². The molecule has 5 rings (SSSR count). The minimum atomic E-state index is -1.22. The van der Waals surface area contributed by atoms with Gasteiger partial charge in [0.15, 0.2) is 18.3 Å². The second-order valence-corrected chi connectivity index (χ2v) is 7.61. The number of nitrogens with one attached hydrogen (secondary N) is 1. The van der Waals surface area contributed by atoms with Crippen LogP contribution in [-0.2, 0) is 28.2 Å². The Morgan fingerprint density at radius 3 is 2.79 bits per heavy atom. The second kappa shape index (κ2) is 6.53. The number of imide groups is 1. The lowest BCUT2D eigenvalue weighted by atomic mass is 9.91. The van der Waals surface area contributed by atoms with Gasteiger partial charge in [-0.25, -0.2) is 4.79 Å². The van der Waals surface area contributed by atoms with Gasteiger partial charge in [0, 0.05) is 16.1 Å². The average Bonchev–Trinajstić information content (AvgIpc) is 3.26. The summed E-state index contributed by atoms with van der Waals surface area (Å²) in [7, 11) is 0. The maximum atomic E-state index is 13.3. The number of fused-ring (bicyclic) bond motifs is 2. The van der Waals surface area contributed by atoms with Gasteiger partial charge in [0.2, 0.25) is 6.79 Å². The molecule has 3 amide bonds. The van der Waals surface area contributed by atoms with Crippen molar-refractivity contribution in [1.29, 1.82) is 0 Å². The molecule has 1 N–H and O–H groups in total. The Kier molecular flexibility index (Phi) is 4.07. The Bertz CT molecular complexity index is 1040. The Hall–Kier alpha value is -2.97. The molecule has 3 aliphatic rings. The predicted octanol–water partition coefficient (Wildman–Crippen LogP) is 2.90. The molecular formula is C20H17ClN2O6. The first-order valence-corrected chi connectivity index (χ1v) is 9.39. The minimum Gasteiger partial charge on any atom is -0.467 e. The van der Waals surface area contributed by atoms with Crippen LogP contribution in [0.3, 0.4) is 0 Å². The number of ether oxygens (including phenoxy) is 4. The lowest BCUT2D eigenvalue weighted by molar-refractivity contribution is -0.131. The Morgan fingerprint density at radius 2 is 1.93 bits per heavy atom. The predicted molar refractivity (Wildman–Crippen MR) is 101 cm³/mol. The summed E-state index contributed by atoms with van der Waals surface area (Å²) < 4.78 is 21.6. The summed E-state index contributed by atoms with van der Waals surface area (Å²) in [6.07, 6.45) is 0. The SMILES string of the molecule is C[C@@]1(c2ccc3c(c2)OCO3)NC(=O)N(Cc2cc(Cl)cc3c2OCOC3)C1=O. The van der Waals surface area contributed by atoms with Crippen LogP contribution in [0, 0.1) is 0 Å². The van der Waals surface area contributed by atoms with E-state index in [0.29, 0.717) is 40.0 Å². The fourth-order valence-corrected chi connectivity index (χ4v) is 4.05. The summed E-state index contributed by atoms with van der Waals surface area (Å²) >= 11 is 6.21. The third-order valence-corrected chi connectivity index (χ3v) is 5.52. The lowest BCUT2D eigenvalue weighted by Crippen LogP contribution is -2.40. The minimum absolute atomic E-state index is 0.0354. The first-order valence-electron chi connectivity index (χ1n) is 9.02. The van der Waals surface area contributed by atoms with E-state index in [4.69, 9.17) is 30.5 Å². The largest absolute Gasteiger partial charge is 0.467 e. The number of halogens is 1. The summed E-state index contributed by atoms with van der Waals surface area (Å²) in [4.78, 5) is 27.1. The van der Waals surface area contributed by atoms with Crippen LogP contribution < -0.4 is 19.5 Å². The van der Waals surface area contributed by atoms with Gasteiger partial charge in [-0.3, -0.25) is 9.69 Å². The highest BCUT2D eigenvalue weighted by molar-refractivity contribution is 6.30. The summed E-state index contributed by atoms with van der Waals surface area (Å²) in [5.74, 6) is 1.37. The van der Waals surface area contributed by atoms with Gasteiger partial charge in [-0.1, -0.05) is 17.7 Å². The Labute approximate surface area is 171 Å².